The van der Waals surface area contributed by atoms with Gasteiger partial charge in [-0.3, -0.25) is 4.79 Å². The van der Waals surface area contributed by atoms with Crippen molar-refractivity contribution in [2.75, 3.05) is 13.6 Å². The number of rotatable bonds is 5. The molecule has 0 aliphatic carbocycles. The van der Waals surface area contributed by atoms with Crippen LogP contribution in [0.25, 0.3) is 0 Å². The van der Waals surface area contributed by atoms with Gasteiger partial charge in [-0.05, 0) is 30.5 Å². The third-order valence-corrected chi connectivity index (χ3v) is 4.10. The molecule has 0 saturated carbocycles. The summed E-state index contributed by atoms with van der Waals surface area (Å²) in [5, 5.41) is 0. The molecule has 0 spiro atoms. The topological polar surface area (TPSA) is 54.5 Å². The Bertz CT molecular complexity index is 555. The smallest absolute Gasteiger partial charge is 0.261 e. The lowest BCUT2D eigenvalue weighted by atomic mass is 10.1. The highest BCUT2D eigenvalue weighted by atomic mass is 35.7. The predicted octanol–water partition coefficient (Wildman–Crippen LogP) is 2.73. The zero-order valence-electron chi connectivity index (χ0n) is 11.3. The van der Waals surface area contributed by atoms with Crippen molar-refractivity contribution < 1.29 is 13.2 Å². The number of carbonyl (C=O) groups is 1. The number of nitrogens with zero attached hydrogens (tertiary/aromatic N) is 1. The molecule has 1 aromatic carbocycles. The van der Waals surface area contributed by atoms with E-state index in [0.29, 0.717) is 18.0 Å². The Morgan fingerprint density at radius 1 is 1.37 bits per heavy atom. The molecule has 0 heterocycles. The minimum atomic E-state index is -3.81. The molecule has 0 fully saturated rings. The van der Waals surface area contributed by atoms with E-state index in [9.17, 15) is 13.2 Å². The summed E-state index contributed by atoms with van der Waals surface area (Å²) in [7, 11) is 3.16. The third-order valence-electron chi connectivity index (χ3n) is 2.75. The molecule has 0 unspecified atom stereocenters. The van der Waals surface area contributed by atoms with Gasteiger partial charge < -0.3 is 4.90 Å². The minimum Gasteiger partial charge on any atom is -0.342 e. The highest BCUT2D eigenvalue weighted by Crippen LogP contribution is 2.17. The number of amides is 1. The zero-order valence-corrected chi connectivity index (χ0v) is 12.8. The second-order valence-corrected chi connectivity index (χ2v) is 7.44. The molecule has 19 heavy (non-hydrogen) atoms. The number of carbonyl (C=O) groups excluding carboxylic acids is 1. The van der Waals surface area contributed by atoms with Crippen LogP contribution in [-0.2, 0) is 9.05 Å². The third kappa shape index (κ3) is 4.84. The molecule has 1 aromatic rings. The molecular weight excluding hydrogens is 286 g/mol. The Kier molecular flexibility index (Phi) is 5.38. The van der Waals surface area contributed by atoms with Crippen LogP contribution in [0.1, 0.15) is 30.6 Å². The molecule has 6 heteroatoms. The number of benzene rings is 1. The summed E-state index contributed by atoms with van der Waals surface area (Å²) < 4.78 is 22.5. The second kappa shape index (κ2) is 6.39. The second-order valence-electron chi connectivity index (χ2n) is 4.87. The molecule has 0 aromatic heterocycles. The van der Waals surface area contributed by atoms with E-state index < -0.39 is 9.05 Å². The van der Waals surface area contributed by atoms with Crippen molar-refractivity contribution in [3.05, 3.63) is 29.8 Å². The lowest BCUT2D eigenvalue weighted by molar-refractivity contribution is 0.0789. The van der Waals surface area contributed by atoms with E-state index in [2.05, 4.69) is 13.8 Å². The Morgan fingerprint density at radius 2 is 2.00 bits per heavy atom. The van der Waals surface area contributed by atoms with Crippen molar-refractivity contribution >= 4 is 25.6 Å². The van der Waals surface area contributed by atoms with E-state index in [-0.39, 0.29) is 10.8 Å². The Morgan fingerprint density at radius 3 is 2.53 bits per heavy atom. The Hall–Kier alpha value is -1.07. The predicted molar refractivity (Wildman–Crippen MR) is 75.9 cm³/mol. The molecule has 0 N–H and O–H groups in total. The summed E-state index contributed by atoms with van der Waals surface area (Å²) in [5.41, 5.74) is 0.327. The standard InChI is InChI=1S/C13H18ClNO3S/c1-10(2)7-8-15(3)13(16)11-5-4-6-12(9-11)19(14,17)18/h4-6,9-10H,7-8H2,1-3H3. The van der Waals surface area contributed by atoms with E-state index in [0.717, 1.165) is 6.42 Å². The Labute approximate surface area is 118 Å². The molecule has 0 radical (unpaired) electrons. The van der Waals surface area contributed by atoms with Gasteiger partial charge in [-0.25, -0.2) is 8.42 Å². The van der Waals surface area contributed by atoms with Gasteiger partial charge in [0.2, 0.25) is 0 Å². The zero-order chi connectivity index (χ0) is 14.6. The maximum Gasteiger partial charge on any atom is 0.261 e. The van der Waals surface area contributed by atoms with Crippen LogP contribution in [-0.4, -0.2) is 32.8 Å². The van der Waals surface area contributed by atoms with Crippen LogP contribution >= 0.6 is 10.7 Å². The fraction of sp³-hybridized carbons (Fsp3) is 0.462. The van der Waals surface area contributed by atoms with E-state index >= 15 is 0 Å². The largest absolute Gasteiger partial charge is 0.342 e. The highest BCUT2D eigenvalue weighted by Gasteiger charge is 2.16. The molecule has 1 amide bonds. The molecule has 106 valence electrons. The lowest BCUT2D eigenvalue weighted by Gasteiger charge is -2.18. The van der Waals surface area contributed by atoms with Gasteiger partial charge in [0.05, 0.1) is 4.90 Å². The normalized spacial score (nSPS) is 11.6. The van der Waals surface area contributed by atoms with Crippen molar-refractivity contribution in [2.24, 2.45) is 5.92 Å². The maximum absolute atomic E-state index is 12.1. The van der Waals surface area contributed by atoms with E-state index in [1.807, 2.05) is 0 Å². The van der Waals surface area contributed by atoms with E-state index in [1.54, 1.807) is 18.0 Å². The van der Waals surface area contributed by atoms with Crippen molar-refractivity contribution in [3.8, 4) is 0 Å². The summed E-state index contributed by atoms with van der Waals surface area (Å²) >= 11 is 0. The molecule has 0 aliphatic rings. The summed E-state index contributed by atoms with van der Waals surface area (Å²) in [6.45, 7) is 4.80. The van der Waals surface area contributed by atoms with Crippen LogP contribution < -0.4 is 0 Å². The first-order valence-corrected chi connectivity index (χ1v) is 8.33. The van der Waals surface area contributed by atoms with Gasteiger partial charge in [0, 0.05) is 29.8 Å². The average Bonchev–Trinajstić information content (AvgIpc) is 2.34. The molecule has 0 saturated heterocycles. The van der Waals surface area contributed by atoms with Crippen LogP contribution in [0.4, 0.5) is 0 Å². The number of halogens is 1. The fourth-order valence-electron chi connectivity index (χ4n) is 1.55. The fourth-order valence-corrected chi connectivity index (χ4v) is 2.35. The minimum absolute atomic E-state index is 0.0581. The van der Waals surface area contributed by atoms with Gasteiger partial charge in [0.15, 0.2) is 0 Å². The van der Waals surface area contributed by atoms with Crippen molar-refractivity contribution in [1.82, 2.24) is 4.90 Å². The lowest BCUT2D eigenvalue weighted by Crippen LogP contribution is -2.28. The van der Waals surface area contributed by atoms with Crippen LogP contribution in [0.5, 0.6) is 0 Å². The van der Waals surface area contributed by atoms with Gasteiger partial charge in [0.25, 0.3) is 15.0 Å². The van der Waals surface area contributed by atoms with Crippen molar-refractivity contribution in [2.45, 2.75) is 25.2 Å². The first-order chi connectivity index (χ1) is 8.71. The first-order valence-electron chi connectivity index (χ1n) is 6.02. The van der Waals surface area contributed by atoms with Gasteiger partial charge in [-0.1, -0.05) is 19.9 Å². The summed E-state index contributed by atoms with van der Waals surface area (Å²) in [6, 6.07) is 5.77. The number of hydrogen-bond donors (Lipinski definition) is 0. The van der Waals surface area contributed by atoms with Crippen LogP contribution in [0, 0.1) is 5.92 Å². The molecule has 0 atom stereocenters. The molecule has 0 aliphatic heterocycles. The summed E-state index contributed by atoms with van der Waals surface area (Å²) in [5.74, 6) is 0.299. The quantitative estimate of drug-likeness (QED) is 0.786. The van der Waals surface area contributed by atoms with Crippen LogP contribution in [0.2, 0.25) is 0 Å². The van der Waals surface area contributed by atoms with Crippen molar-refractivity contribution in [1.29, 1.82) is 0 Å². The maximum atomic E-state index is 12.1. The van der Waals surface area contributed by atoms with Crippen LogP contribution in [0.3, 0.4) is 0 Å². The highest BCUT2D eigenvalue weighted by molar-refractivity contribution is 8.13. The number of hydrogen-bond acceptors (Lipinski definition) is 3. The molecule has 0 bridgehead atoms. The van der Waals surface area contributed by atoms with Gasteiger partial charge in [0.1, 0.15) is 0 Å². The van der Waals surface area contributed by atoms with Gasteiger partial charge in [-0.15, -0.1) is 0 Å². The monoisotopic (exact) mass is 303 g/mol. The average molecular weight is 304 g/mol. The first kappa shape index (κ1) is 16.0. The van der Waals surface area contributed by atoms with Crippen LogP contribution in [0.15, 0.2) is 29.2 Å². The van der Waals surface area contributed by atoms with Crippen molar-refractivity contribution in [3.63, 3.8) is 0 Å². The van der Waals surface area contributed by atoms with Gasteiger partial charge in [-0.2, -0.15) is 0 Å². The van der Waals surface area contributed by atoms with E-state index in [4.69, 9.17) is 10.7 Å². The molecule has 4 nitrogen and oxygen atoms in total. The van der Waals surface area contributed by atoms with Gasteiger partial charge >= 0.3 is 0 Å². The SMILES string of the molecule is CC(C)CCN(C)C(=O)c1cccc(S(=O)(=O)Cl)c1. The van der Waals surface area contributed by atoms with E-state index in [1.165, 1.54) is 18.2 Å². The molecular formula is C13H18ClNO3S. The Balaban J connectivity index is 2.88. The molecule has 1 rings (SSSR count). The summed E-state index contributed by atoms with van der Waals surface area (Å²) in [4.78, 5) is 13.6. The summed E-state index contributed by atoms with van der Waals surface area (Å²) in [6.07, 6.45) is 0.899.